The molecule has 6 nitrogen and oxygen atoms in total. The minimum Gasteiger partial charge on any atom is -0.492 e. The van der Waals surface area contributed by atoms with Crippen LogP contribution in [-0.2, 0) is 0 Å². The van der Waals surface area contributed by atoms with E-state index in [9.17, 15) is 9.18 Å². The van der Waals surface area contributed by atoms with E-state index in [-0.39, 0.29) is 5.69 Å². The maximum Gasteiger partial charge on any atom is 0.276 e. The highest BCUT2D eigenvalue weighted by atomic mass is 19.1. The molecule has 3 rings (SSSR count). The minimum atomic E-state index is -0.468. The van der Waals surface area contributed by atoms with Gasteiger partial charge in [0.2, 0.25) is 0 Å². The molecule has 3 aromatic rings. The Bertz CT molecular complexity index is 900. The molecule has 0 saturated heterocycles. The monoisotopic (exact) mass is 352 g/mol. The summed E-state index contributed by atoms with van der Waals surface area (Å²) in [5.74, 6) is 0.273. The number of amides is 1. The maximum atomic E-state index is 13.2. The molecule has 1 heterocycles. The maximum absolute atomic E-state index is 13.2. The van der Waals surface area contributed by atoms with Crippen LogP contribution in [0.2, 0.25) is 0 Å². The zero-order chi connectivity index (χ0) is 18.4. The molecule has 0 fully saturated rings. The first-order valence-electron chi connectivity index (χ1n) is 8.05. The lowest BCUT2D eigenvalue weighted by atomic mass is 10.2. The smallest absolute Gasteiger partial charge is 0.276 e. The van der Waals surface area contributed by atoms with Gasteiger partial charge < -0.3 is 15.4 Å². The molecule has 0 aliphatic rings. The van der Waals surface area contributed by atoms with E-state index in [0.717, 1.165) is 5.69 Å². The van der Waals surface area contributed by atoms with Crippen LogP contribution in [0.3, 0.4) is 0 Å². The summed E-state index contributed by atoms with van der Waals surface area (Å²) in [4.78, 5) is 12.2. The van der Waals surface area contributed by atoms with Crippen LogP contribution >= 0.6 is 0 Å². The van der Waals surface area contributed by atoms with Gasteiger partial charge in [-0.1, -0.05) is 18.2 Å². The van der Waals surface area contributed by atoms with Crippen LogP contribution in [0.15, 0.2) is 60.7 Å². The highest BCUT2D eigenvalue weighted by Gasteiger charge is 2.10. The van der Waals surface area contributed by atoms with Crippen LogP contribution in [-0.4, -0.2) is 22.7 Å². The van der Waals surface area contributed by atoms with Crippen molar-refractivity contribution in [3.05, 3.63) is 72.2 Å². The Morgan fingerprint density at radius 2 is 1.92 bits per heavy atom. The van der Waals surface area contributed by atoms with Gasteiger partial charge in [-0.05, 0) is 49.4 Å². The molecule has 132 valence electrons. The van der Waals surface area contributed by atoms with Crippen molar-refractivity contribution in [1.29, 1.82) is 0 Å². The van der Waals surface area contributed by atoms with Crippen molar-refractivity contribution in [2.45, 2.75) is 6.92 Å². The van der Waals surface area contributed by atoms with Gasteiger partial charge in [0.1, 0.15) is 11.6 Å². The second kappa shape index (κ2) is 8.06. The molecule has 0 bridgehead atoms. The van der Waals surface area contributed by atoms with Crippen LogP contribution in [0.5, 0.6) is 5.75 Å². The summed E-state index contributed by atoms with van der Waals surface area (Å²) in [5, 5.41) is 13.6. The third-order valence-electron chi connectivity index (χ3n) is 3.43. The number of hydrogen-bond acceptors (Lipinski definition) is 5. The summed E-state index contributed by atoms with van der Waals surface area (Å²) in [6.07, 6.45) is 0. The van der Waals surface area contributed by atoms with Gasteiger partial charge in [-0.25, -0.2) is 4.39 Å². The van der Waals surface area contributed by atoms with Gasteiger partial charge in [-0.15, -0.1) is 10.2 Å². The van der Waals surface area contributed by atoms with Crippen molar-refractivity contribution >= 4 is 23.1 Å². The minimum absolute atomic E-state index is 0.123. The Kier molecular flexibility index (Phi) is 5.38. The highest BCUT2D eigenvalue weighted by molar-refractivity contribution is 6.02. The van der Waals surface area contributed by atoms with Gasteiger partial charge in [-0.3, -0.25) is 4.79 Å². The third-order valence-corrected chi connectivity index (χ3v) is 3.43. The molecule has 26 heavy (non-hydrogen) atoms. The summed E-state index contributed by atoms with van der Waals surface area (Å²) >= 11 is 0. The SMILES string of the molecule is CCOc1ccccc1Nc1ccc(C(=O)Nc2cccc(F)c2)nn1. The quantitative estimate of drug-likeness (QED) is 0.701. The molecule has 0 unspecified atom stereocenters. The predicted molar refractivity (Wildman–Crippen MR) is 97.3 cm³/mol. The number of rotatable bonds is 6. The molecule has 0 aliphatic heterocycles. The number of nitrogens with one attached hydrogen (secondary N) is 2. The van der Waals surface area contributed by atoms with Crippen molar-refractivity contribution in [2.24, 2.45) is 0 Å². The molecule has 0 aliphatic carbocycles. The fourth-order valence-electron chi connectivity index (χ4n) is 2.27. The van der Waals surface area contributed by atoms with Crippen LogP contribution in [0.1, 0.15) is 17.4 Å². The van der Waals surface area contributed by atoms with E-state index in [2.05, 4.69) is 20.8 Å². The molecule has 2 aromatic carbocycles. The van der Waals surface area contributed by atoms with Crippen molar-refractivity contribution in [1.82, 2.24) is 10.2 Å². The van der Waals surface area contributed by atoms with E-state index in [1.54, 1.807) is 12.1 Å². The Morgan fingerprint density at radius 3 is 2.65 bits per heavy atom. The Hall–Kier alpha value is -3.48. The molecule has 2 N–H and O–H groups in total. The summed E-state index contributed by atoms with van der Waals surface area (Å²) < 4.78 is 18.7. The zero-order valence-electron chi connectivity index (χ0n) is 14.1. The van der Waals surface area contributed by atoms with Gasteiger partial charge in [0, 0.05) is 5.69 Å². The Morgan fingerprint density at radius 1 is 1.08 bits per heavy atom. The topological polar surface area (TPSA) is 76.1 Å². The molecule has 0 radical (unpaired) electrons. The third kappa shape index (κ3) is 4.32. The fourth-order valence-corrected chi connectivity index (χ4v) is 2.27. The number of aromatic nitrogens is 2. The van der Waals surface area contributed by atoms with Crippen LogP contribution in [0.4, 0.5) is 21.6 Å². The van der Waals surface area contributed by atoms with Gasteiger partial charge in [0.25, 0.3) is 5.91 Å². The number of carbonyl (C=O) groups is 1. The standard InChI is InChI=1S/C19H17FN4O2/c1-2-26-17-9-4-3-8-15(17)22-18-11-10-16(23-24-18)19(25)21-14-7-5-6-13(20)12-14/h3-12H,2H2,1H3,(H,21,25)(H,22,24). The van der Waals surface area contributed by atoms with Crippen LogP contribution < -0.4 is 15.4 Å². The molecule has 1 amide bonds. The molecule has 1 aromatic heterocycles. The summed E-state index contributed by atoms with van der Waals surface area (Å²) in [6.45, 7) is 2.45. The number of halogens is 1. The number of ether oxygens (including phenoxy) is 1. The first kappa shape index (κ1) is 17.3. The normalized spacial score (nSPS) is 10.2. The highest BCUT2D eigenvalue weighted by Crippen LogP contribution is 2.26. The molecule has 0 spiro atoms. The number of para-hydroxylation sites is 2. The lowest BCUT2D eigenvalue weighted by Gasteiger charge is -2.11. The van der Waals surface area contributed by atoms with Gasteiger partial charge in [-0.2, -0.15) is 0 Å². The Balaban J connectivity index is 1.69. The van der Waals surface area contributed by atoms with Crippen LogP contribution in [0, 0.1) is 5.82 Å². The van der Waals surface area contributed by atoms with E-state index in [1.807, 2.05) is 31.2 Å². The molecular formula is C19H17FN4O2. The van der Waals surface area contributed by atoms with Gasteiger partial charge in [0.05, 0.1) is 12.3 Å². The van der Waals surface area contributed by atoms with E-state index >= 15 is 0 Å². The van der Waals surface area contributed by atoms with Crippen molar-refractivity contribution < 1.29 is 13.9 Å². The largest absolute Gasteiger partial charge is 0.492 e. The fraction of sp³-hybridized carbons (Fsp3) is 0.105. The van der Waals surface area contributed by atoms with E-state index in [4.69, 9.17) is 4.74 Å². The van der Waals surface area contributed by atoms with Gasteiger partial charge in [0.15, 0.2) is 11.5 Å². The lowest BCUT2D eigenvalue weighted by molar-refractivity contribution is 0.102. The van der Waals surface area contributed by atoms with E-state index < -0.39 is 11.7 Å². The van der Waals surface area contributed by atoms with Crippen LogP contribution in [0.25, 0.3) is 0 Å². The predicted octanol–water partition coefficient (Wildman–Crippen LogP) is 4.01. The Labute approximate surface area is 150 Å². The molecular weight excluding hydrogens is 335 g/mol. The summed E-state index contributed by atoms with van der Waals surface area (Å²) in [5.41, 5.74) is 1.23. The summed E-state index contributed by atoms with van der Waals surface area (Å²) in [7, 11) is 0. The zero-order valence-corrected chi connectivity index (χ0v) is 14.1. The summed E-state index contributed by atoms with van der Waals surface area (Å²) in [6, 6.07) is 16.3. The molecule has 7 heteroatoms. The first-order chi connectivity index (χ1) is 12.7. The van der Waals surface area contributed by atoms with Crippen molar-refractivity contribution in [3.8, 4) is 5.75 Å². The molecule has 0 atom stereocenters. The lowest BCUT2D eigenvalue weighted by Crippen LogP contribution is -2.14. The second-order valence-corrected chi connectivity index (χ2v) is 5.32. The average molecular weight is 352 g/mol. The number of nitrogens with zero attached hydrogens (tertiary/aromatic N) is 2. The van der Waals surface area contributed by atoms with E-state index in [0.29, 0.717) is 23.9 Å². The number of benzene rings is 2. The van der Waals surface area contributed by atoms with Crippen molar-refractivity contribution in [2.75, 3.05) is 17.2 Å². The molecule has 0 saturated carbocycles. The number of hydrogen-bond donors (Lipinski definition) is 2. The average Bonchev–Trinajstić information content (AvgIpc) is 2.64. The van der Waals surface area contributed by atoms with Crippen molar-refractivity contribution in [3.63, 3.8) is 0 Å². The number of carbonyl (C=O) groups excluding carboxylic acids is 1. The number of anilines is 3. The second-order valence-electron chi connectivity index (χ2n) is 5.32. The first-order valence-corrected chi connectivity index (χ1v) is 8.05. The van der Waals surface area contributed by atoms with Gasteiger partial charge >= 0.3 is 0 Å². The van der Waals surface area contributed by atoms with E-state index in [1.165, 1.54) is 24.3 Å².